The average Bonchev–Trinajstić information content (AvgIpc) is 3.19. The van der Waals surface area contributed by atoms with Crippen molar-refractivity contribution in [3.8, 4) is 0 Å². The molecule has 0 aromatic heterocycles. The molecule has 1 heterocycles. The fourth-order valence-electron chi connectivity index (χ4n) is 2.67. The van der Waals surface area contributed by atoms with Crippen molar-refractivity contribution < 1.29 is 14.0 Å². The maximum Gasteiger partial charge on any atom is 0.313 e. The van der Waals surface area contributed by atoms with Gasteiger partial charge in [-0.2, -0.15) is 0 Å². The lowest BCUT2D eigenvalue weighted by molar-refractivity contribution is -0.814. The molecule has 0 bridgehead atoms. The van der Waals surface area contributed by atoms with Crippen LogP contribution in [0.5, 0.6) is 0 Å². The van der Waals surface area contributed by atoms with Crippen LogP contribution < -0.4 is 0 Å². The summed E-state index contributed by atoms with van der Waals surface area (Å²) >= 11 is 0. The Kier molecular flexibility index (Phi) is 8.39. The van der Waals surface area contributed by atoms with Crippen LogP contribution in [0.25, 0.3) is 0 Å². The van der Waals surface area contributed by atoms with Crippen molar-refractivity contribution in [2.45, 2.75) is 77.2 Å². The summed E-state index contributed by atoms with van der Waals surface area (Å²) in [4.78, 5) is 12.2. The second-order valence-corrected chi connectivity index (χ2v) is 6.80. The Morgan fingerprint density at radius 1 is 1.00 bits per heavy atom. The molecule has 1 rings (SSSR count). The van der Waals surface area contributed by atoms with Gasteiger partial charge in [-0.3, -0.25) is 4.48 Å². The monoisotopic (exact) mass is 284 g/mol. The Bertz CT molecular complexity index is 272. The summed E-state index contributed by atoms with van der Waals surface area (Å²) in [6.07, 6.45) is 12.8. The molecule has 20 heavy (non-hydrogen) atoms. The molecule has 1 fully saturated rings. The molecule has 118 valence electrons. The third kappa shape index (κ3) is 8.01. The highest BCUT2D eigenvalue weighted by Gasteiger charge is 2.35. The Morgan fingerprint density at radius 2 is 1.50 bits per heavy atom. The number of nitrogens with zero attached hydrogens (tertiary/aromatic N) is 1. The van der Waals surface area contributed by atoms with Crippen LogP contribution in [0.4, 0.5) is 0 Å². The second-order valence-electron chi connectivity index (χ2n) is 6.80. The van der Waals surface area contributed by atoms with Gasteiger partial charge in [0.1, 0.15) is 12.6 Å². The summed E-state index contributed by atoms with van der Waals surface area (Å²) < 4.78 is 5.71. The topological polar surface area (TPSA) is 29.6 Å². The van der Waals surface area contributed by atoms with Gasteiger partial charge in [0.25, 0.3) is 0 Å². The molecule has 0 aromatic rings. The van der Waals surface area contributed by atoms with Crippen molar-refractivity contribution >= 4 is 5.91 Å². The molecule has 0 saturated carbocycles. The normalized spacial score (nSPS) is 18.2. The quantitative estimate of drug-likeness (QED) is 0.309. The Morgan fingerprint density at radius 3 is 2.00 bits per heavy atom. The van der Waals surface area contributed by atoms with Gasteiger partial charge in [0, 0.05) is 0 Å². The minimum Gasteiger partial charge on any atom is -0.367 e. The van der Waals surface area contributed by atoms with Crippen LogP contribution >= 0.6 is 0 Å². The van der Waals surface area contributed by atoms with E-state index in [1.807, 2.05) is 14.1 Å². The molecule has 0 N–H and O–H groups in total. The first-order valence-electron chi connectivity index (χ1n) is 8.54. The van der Waals surface area contributed by atoms with Crippen molar-refractivity contribution in [2.75, 3.05) is 27.2 Å². The van der Waals surface area contributed by atoms with E-state index in [4.69, 9.17) is 4.74 Å². The number of hydrogen-bond donors (Lipinski definition) is 0. The zero-order valence-electron chi connectivity index (χ0n) is 13.8. The second kappa shape index (κ2) is 9.51. The fraction of sp³-hybridized carbons (Fsp3) is 0.941. The third-order valence-electron chi connectivity index (χ3n) is 4.23. The predicted molar refractivity (Wildman–Crippen MR) is 83.6 cm³/mol. The highest BCUT2D eigenvalue weighted by molar-refractivity contribution is 5.68. The van der Waals surface area contributed by atoms with Crippen molar-refractivity contribution in [2.24, 2.45) is 0 Å². The number of quaternary nitrogens is 1. The van der Waals surface area contributed by atoms with Crippen molar-refractivity contribution in [1.29, 1.82) is 0 Å². The zero-order valence-corrected chi connectivity index (χ0v) is 13.8. The number of ether oxygens (including phenoxy) is 1. The largest absolute Gasteiger partial charge is 0.367 e. The molecule has 3 nitrogen and oxygen atoms in total. The summed E-state index contributed by atoms with van der Waals surface area (Å²) in [5, 5.41) is 0. The van der Waals surface area contributed by atoms with Gasteiger partial charge in [-0.15, -0.1) is 0 Å². The van der Waals surface area contributed by atoms with Gasteiger partial charge in [0.05, 0.1) is 27.1 Å². The van der Waals surface area contributed by atoms with E-state index in [1.165, 1.54) is 51.4 Å². The number of hydrogen-bond acceptors (Lipinski definition) is 2. The molecule has 0 aromatic carbocycles. The lowest BCUT2D eigenvalue weighted by Crippen LogP contribution is -2.47. The molecule has 1 amide bonds. The number of unbranched alkanes of at least 4 members (excludes halogenated alkanes) is 8. The first-order chi connectivity index (χ1) is 9.56. The van der Waals surface area contributed by atoms with Gasteiger partial charge in [0.2, 0.25) is 0 Å². The summed E-state index contributed by atoms with van der Waals surface area (Å²) in [6.45, 7) is 3.94. The lowest BCUT2D eigenvalue weighted by Gasteiger charge is -2.26. The molecule has 0 radical (unpaired) electrons. The third-order valence-corrected chi connectivity index (χ3v) is 4.23. The van der Waals surface area contributed by atoms with Crippen LogP contribution in [0, 0.1) is 0 Å². The average molecular weight is 284 g/mol. The van der Waals surface area contributed by atoms with E-state index in [1.54, 1.807) is 0 Å². The van der Waals surface area contributed by atoms with Gasteiger partial charge in [-0.25, -0.2) is 4.79 Å². The number of likely N-dealkylation sites (N-methyl/N-ethyl adjacent to an activating group) is 1. The van der Waals surface area contributed by atoms with Gasteiger partial charge in [-0.05, 0) is 6.42 Å². The van der Waals surface area contributed by atoms with Gasteiger partial charge in [0.15, 0.2) is 0 Å². The van der Waals surface area contributed by atoms with Crippen LogP contribution in [0.1, 0.15) is 71.1 Å². The maximum absolute atomic E-state index is 12.2. The lowest BCUT2D eigenvalue weighted by atomic mass is 10.1. The molecule has 1 unspecified atom stereocenters. The van der Waals surface area contributed by atoms with Gasteiger partial charge in [-0.1, -0.05) is 58.3 Å². The SMILES string of the molecule is CCCCCCCCCCCC(=O)[N+](C)(C)CC1CO1. The first kappa shape index (κ1) is 17.6. The van der Waals surface area contributed by atoms with E-state index >= 15 is 0 Å². The Labute approximate surface area is 125 Å². The fourth-order valence-corrected chi connectivity index (χ4v) is 2.67. The van der Waals surface area contributed by atoms with E-state index < -0.39 is 0 Å². The maximum atomic E-state index is 12.2. The van der Waals surface area contributed by atoms with Crippen molar-refractivity contribution in [1.82, 2.24) is 0 Å². The van der Waals surface area contributed by atoms with Gasteiger partial charge < -0.3 is 4.74 Å². The number of carbonyl (C=O) groups excluding carboxylic acids is 1. The standard InChI is InChI=1S/C17H34NO2/c1-4-5-6-7-8-9-10-11-12-13-17(19)18(2,3)14-16-15-20-16/h16H,4-15H2,1-3H3/q+1. The van der Waals surface area contributed by atoms with E-state index in [9.17, 15) is 4.79 Å². The molecule has 1 aliphatic rings. The molecule has 1 atom stereocenters. The Balaban J connectivity index is 1.93. The molecule has 0 spiro atoms. The van der Waals surface area contributed by atoms with E-state index in [0.29, 0.717) is 16.5 Å². The first-order valence-corrected chi connectivity index (χ1v) is 8.54. The highest BCUT2D eigenvalue weighted by Crippen LogP contribution is 2.17. The molecule has 3 heteroatoms. The highest BCUT2D eigenvalue weighted by atomic mass is 16.6. The molecule has 1 aliphatic heterocycles. The minimum atomic E-state index is 0.331. The van der Waals surface area contributed by atoms with Crippen molar-refractivity contribution in [3.05, 3.63) is 0 Å². The zero-order chi connectivity index (χ0) is 14.8. The molecule has 0 aliphatic carbocycles. The predicted octanol–water partition coefficient (Wildman–Crippen LogP) is 3.91. The Hall–Kier alpha value is -0.410. The minimum absolute atomic E-state index is 0.331. The number of carbonyl (C=O) groups is 1. The van der Waals surface area contributed by atoms with Gasteiger partial charge >= 0.3 is 5.91 Å². The molecular formula is C17H34NO2+. The van der Waals surface area contributed by atoms with Crippen LogP contribution in [0.15, 0.2) is 0 Å². The van der Waals surface area contributed by atoms with Crippen LogP contribution in [0.3, 0.4) is 0 Å². The van der Waals surface area contributed by atoms with Crippen LogP contribution in [0.2, 0.25) is 0 Å². The van der Waals surface area contributed by atoms with Crippen molar-refractivity contribution in [3.63, 3.8) is 0 Å². The summed E-state index contributed by atoms with van der Waals surface area (Å²) in [5.41, 5.74) is 0. The van der Waals surface area contributed by atoms with E-state index in [2.05, 4.69) is 6.92 Å². The van der Waals surface area contributed by atoms with E-state index in [-0.39, 0.29) is 0 Å². The summed E-state index contributed by atoms with van der Waals surface area (Å²) in [7, 11) is 4.02. The van der Waals surface area contributed by atoms with Crippen LogP contribution in [-0.2, 0) is 9.53 Å². The number of epoxide rings is 1. The van der Waals surface area contributed by atoms with Crippen LogP contribution in [-0.4, -0.2) is 43.7 Å². The molecular weight excluding hydrogens is 250 g/mol. The summed E-state index contributed by atoms with van der Waals surface area (Å²) in [5.74, 6) is 0.364. The molecule has 1 saturated heterocycles. The number of rotatable bonds is 12. The number of amides is 1. The smallest absolute Gasteiger partial charge is 0.313 e. The van der Waals surface area contributed by atoms with E-state index in [0.717, 1.165) is 26.0 Å². The summed E-state index contributed by atoms with van der Waals surface area (Å²) in [6, 6.07) is 0.